The number of hydrogen-bond acceptors (Lipinski definition) is 2. The molecule has 4 heteroatoms. The third-order valence-corrected chi connectivity index (χ3v) is 3.27. The van der Waals surface area contributed by atoms with E-state index in [1.807, 2.05) is 11.7 Å². The van der Waals surface area contributed by atoms with Crippen molar-refractivity contribution in [3.8, 4) is 0 Å². The van der Waals surface area contributed by atoms with Gasteiger partial charge in [0.15, 0.2) is 0 Å². The van der Waals surface area contributed by atoms with Gasteiger partial charge in [-0.2, -0.15) is 5.10 Å². The highest BCUT2D eigenvalue weighted by Gasteiger charge is 2.10. The monoisotopic (exact) mass is 261 g/mol. The largest absolute Gasteiger partial charge is 0.327 e. The fourth-order valence-electron chi connectivity index (χ4n) is 2.20. The van der Waals surface area contributed by atoms with Crippen molar-refractivity contribution in [2.45, 2.75) is 32.2 Å². The van der Waals surface area contributed by atoms with Crippen molar-refractivity contribution >= 4 is 0 Å². The van der Waals surface area contributed by atoms with Crippen molar-refractivity contribution in [3.63, 3.8) is 0 Å². The van der Waals surface area contributed by atoms with E-state index in [0.717, 1.165) is 36.2 Å². The van der Waals surface area contributed by atoms with Gasteiger partial charge in [-0.25, -0.2) is 4.39 Å². The highest BCUT2D eigenvalue weighted by Crippen LogP contribution is 2.10. The maximum absolute atomic E-state index is 12.8. The summed E-state index contributed by atoms with van der Waals surface area (Å²) in [6.07, 6.45) is 2.45. The molecule has 0 spiro atoms. The lowest BCUT2D eigenvalue weighted by Gasteiger charge is -2.11. The second kappa shape index (κ2) is 5.97. The summed E-state index contributed by atoms with van der Waals surface area (Å²) < 4.78 is 14.7. The lowest BCUT2D eigenvalue weighted by Crippen LogP contribution is -2.26. The van der Waals surface area contributed by atoms with Crippen molar-refractivity contribution in [2.24, 2.45) is 12.8 Å². The Balaban J connectivity index is 1.98. The van der Waals surface area contributed by atoms with Crippen molar-refractivity contribution in [1.82, 2.24) is 9.78 Å². The fraction of sp³-hybridized carbons (Fsp3) is 0.400. The van der Waals surface area contributed by atoms with E-state index < -0.39 is 0 Å². The van der Waals surface area contributed by atoms with Crippen LogP contribution in [0.15, 0.2) is 30.3 Å². The van der Waals surface area contributed by atoms with Gasteiger partial charge in [-0.3, -0.25) is 4.68 Å². The summed E-state index contributed by atoms with van der Waals surface area (Å²) in [5.74, 6) is -0.212. The molecule has 1 atom stereocenters. The van der Waals surface area contributed by atoms with E-state index in [-0.39, 0.29) is 11.9 Å². The Bertz CT molecular complexity index is 531. The summed E-state index contributed by atoms with van der Waals surface area (Å²) in [5, 5.41) is 4.41. The SMILES string of the molecule is CCc1cc(CC(N)Cc2ccc(F)cc2)n(C)n1. The topological polar surface area (TPSA) is 43.8 Å². The van der Waals surface area contributed by atoms with Gasteiger partial charge >= 0.3 is 0 Å². The summed E-state index contributed by atoms with van der Waals surface area (Å²) in [5.41, 5.74) is 9.46. The molecular weight excluding hydrogens is 241 g/mol. The zero-order chi connectivity index (χ0) is 13.8. The highest BCUT2D eigenvalue weighted by molar-refractivity contribution is 5.18. The molecule has 2 N–H and O–H groups in total. The number of rotatable bonds is 5. The quantitative estimate of drug-likeness (QED) is 0.897. The molecule has 1 unspecified atom stereocenters. The first-order chi connectivity index (χ1) is 9.08. The molecule has 0 radical (unpaired) electrons. The molecule has 1 aromatic carbocycles. The molecule has 0 aliphatic carbocycles. The number of benzene rings is 1. The molecule has 1 heterocycles. The van der Waals surface area contributed by atoms with E-state index in [2.05, 4.69) is 18.1 Å². The Morgan fingerprint density at radius 3 is 2.53 bits per heavy atom. The summed E-state index contributed by atoms with van der Waals surface area (Å²) in [6, 6.07) is 8.64. The minimum atomic E-state index is -0.212. The van der Waals surface area contributed by atoms with Crippen LogP contribution in [0.25, 0.3) is 0 Å². The molecule has 2 aromatic rings. The summed E-state index contributed by atoms with van der Waals surface area (Å²) in [7, 11) is 1.94. The Labute approximate surface area is 113 Å². The van der Waals surface area contributed by atoms with Crippen LogP contribution < -0.4 is 5.73 Å². The van der Waals surface area contributed by atoms with Crippen LogP contribution in [0.3, 0.4) is 0 Å². The first-order valence-electron chi connectivity index (χ1n) is 6.60. The molecule has 0 aliphatic heterocycles. The van der Waals surface area contributed by atoms with Gasteiger partial charge in [-0.05, 0) is 36.6 Å². The molecule has 1 aromatic heterocycles. The molecule has 0 saturated carbocycles. The number of aromatic nitrogens is 2. The summed E-state index contributed by atoms with van der Waals surface area (Å²) in [4.78, 5) is 0. The lowest BCUT2D eigenvalue weighted by atomic mass is 10.0. The molecule has 0 bridgehead atoms. The van der Waals surface area contributed by atoms with Gasteiger partial charge in [0.1, 0.15) is 5.82 Å². The smallest absolute Gasteiger partial charge is 0.123 e. The van der Waals surface area contributed by atoms with Crippen molar-refractivity contribution in [2.75, 3.05) is 0 Å². The van der Waals surface area contributed by atoms with Crippen LogP contribution in [0.4, 0.5) is 4.39 Å². The van der Waals surface area contributed by atoms with Crippen LogP contribution in [0.5, 0.6) is 0 Å². The molecule has 19 heavy (non-hydrogen) atoms. The molecule has 0 saturated heterocycles. The minimum absolute atomic E-state index is 0.0190. The molecule has 102 valence electrons. The molecule has 3 nitrogen and oxygen atoms in total. The number of halogens is 1. The lowest BCUT2D eigenvalue weighted by molar-refractivity contribution is 0.607. The van der Waals surface area contributed by atoms with Gasteiger partial charge < -0.3 is 5.73 Å². The van der Waals surface area contributed by atoms with Gasteiger partial charge in [-0.15, -0.1) is 0 Å². The van der Waals surface area contributed by atoms with E-state index in [4.69, 9.17) is 5.73 Å². The van der Waals surface area contributed by atoms with Gasteiger partial charge in [0.05, 0.1) is 5.69 Å². The number of nitrogens with zero attached hydrogens (tertiary/aromatic N) is 2. The van der Waals surface area contributed by atoms with E-state index in [0.29, 0.717) is 0 Å². The Morgan fingerprint density at radius 1 is 1.26 bits per heavy atom. The van der Waals surface area contributed by atoms with E-state index >= 15 is 0 Å². The normalized spacial score (nSPS) is 12.6. The van der Waals surface area contributed by atoms with E-state index in [9.17, 15) is 4.39 Å². The van der Waals surface area contributed by atoms with Crippen LogP contribution in [-0.4, -0.2) is 15.8 Å². The fourth-order valence-corrected chi connectivity index (χ4v) is 2.20. The minimum Gasteiger partial charge on any atom is -0.327 e. The van der Waals surface area contributed by atoms with Gasteiger partial charge in [0.2, 0.25) is 0 Å². The average molecular weight is 261 g/mol. The number of nitrogens with two attached hydrogens (primary N) is 1. The second-order valence-corrected chi connectivity index (χ2v) is 4.90. The van der Waals surface area contributed by atoms with Crippen LogP contribution in [0, 0.1) is 5.82 Å². The van der Waals surface area contributed by atoms with Gasteiger partial charge in [0.25, 0.3) is 0 Å². The zero-order valence-corrected chi connectivity index (χ0v) is 11.4. The van der Waals surface area contributed by atoms with Gasteiger partial charge in [-0.1, -0.05) is 19.1 Å². The van der Waals surface area contributed by atoms with Crippen LogP contribution >= 0.6 is 0 Å². The van der Waals surface area contributed by atoms with Crippen LogP contribution in [0.2, 0.25) is 0 Å². The van der Waals surface area contributed by atoms with Crippen LogP contribution in [-0.2, 0) is 26.3 Å². The van der Waals surface area contributed by atoms with Gasteiger partial charge in [0, 0.05) is 25.2 Å². The molecule has 0 aliphatic rings. The van der Waals surface area contributed by atoms with Crippen LogP contribution in [0.1, 0.15) is 23.9 Å². The predicted molar refractivity (Wildman–Crippen MR) is 74.4 cm³/mol. The summed E-state index contributed by atoms with van der Waals surface area (Å²) in [6.45, 7) is 2.09. The predicted octanol–water partition coefficient (Wildman–Crippen LogP) is 2.23. The zero-order valence-electron chi connectivity index (χ0n) is 11.4. The molecular formula is C15H20FN3. The van der Waals surface area contributed by atoms with Crippen molar-refractivity contribution in [1.29, 1.82) is 0 Å². The highest BCUT2D eigenvalue weighted by atomic mass is 19.1. The average Bonchev–Trinajstić information content (AvgIpc) is 2.73. The maximum atomic E-state index is 12.8. The van der Waals surface area contributed by atoms with Crippen molar-refractivity contribution in [3.05, 3.63) is 53.1 Å². The van der Waals surface area contributed by atoms with E-state index in [1.54, 1.807) is 12.1 Å². The third-order valence-electron chi connectivity index (χ3n) is 3.27. The molecule has 2 rings (SSSR count). The first-order valence-corrected chi connectivity index (χ1v) is 6.60. The number of aryl methyl sites for hydroxylation is 2. The standard InChI is InChI=1S/C15H20FN3/c1-3-14-10-15(19(2)18-14)9-13(17)8-11-4-6-12(16)7-5-11/h4-7,10,13H,3,8-9,17H2,1-2H3. The Morgan fingerprint density at radius 2 is 1.95 bits per heavy atom. The first kappa shape index (κ1) is 13.7. The Kier molecular flexibility index (Phi) is 4.32. The molecule has 0 fully saturated rings. The maximum Gasteiger partial charge on any atom is 0.123 e. The third kappa shape index (κ3) is 3.64. The number of hydrogen-bond donors (Lipinski definition) is 1. The second-order valence-electron chi connectivity index (χ2n) is 4.90. The van der Waals surface area contributed by atoms with Crippen molar-refractivity contribution < 1.29 is 4.39 Å². The Hall–Kier alpha value is -1.68. The summed E-state index contributed by atoms with van der Waals surface area (Å²) >= 11 is 0. The molecule has 0 amide bonds. The van der Waals surface area contributed by atoms with E-state index in [1.165, 1.54) is 12.1 Å².